The van der Waals surface area contributed by atoms with Crippen molar-refractivity contribution in [3.05, 3.63) is 54.2 Å². The highest BCUT2D eigenvalue weighted by atomic mass is 16.3. The number of aliphatic hydroxyl groups excluding tert-OH is 1. The molecule has 2 amide bonds. The van der Waals surface area contributed by atoms with Crippen LogP contribution in [0.3, 0.4) is 0 Å². The Kier molecular flexibility index (Phi) is 6.66. The summed E-state index contributed by atoms with van der Waals surface area (Å²) >= 11 is 0. The predicted molar refractivity (Wildman–Crippen MR) is 136 cm³/mol. The van der Waals surface area contributed by atoms with Crippen molar-refractivity contribution >= 4 is 17.5 Å². The first-order chi connectivity index (χ1) is 17.4. The average molecular weight is 491 g/mol. The molecule has 1 atom stereocenters. The van der Waals surface area contributed by atoms with Crippen LogP contribution >= 0.6 is 0 Å². The molecule has 0 radical (unpaired) electrons. The minimum atomic E-state index is -0.606. The number of amides is 2. The number of nitrogens with one attached hydrogen (secondary N) is 2. The Bertz CT molecular complexity index is 1220. The summed E-state index contributed by atoms with van der Waals surface area (Å²) in [6, 6.07) is 8.63. The van der Waals surface area contributed by atoms with Crippen molar-refractivity contribution in [2.75, 3.05) is 5.32 Å². The zero-order valence-corrected chi connectivity index (χ0v) is 21.0. The van der Waals surface area contributed by atoms with Crippen LogP contribution in [0.5, 0.6) is 0 Å². The molecular weight excluding hydrogens is 456 g/mol. The van der Waals surface area contributed by atoms with Crippen LogP contribution in [0.1, 0.15) is 61.8 Å². The fourth-order valence-corrected chi connectivity index (χ4v) is 5.24. The van der Waals surface area contributed by atoms with Gasteiger partial charge >= 0.3 is 0 Å². The molecule has 9 nitrogen and oxygen atoms in total. The quantitative estimate of drug-likeness (QED) is 0.402. The predicted octanol–water partition coefficient (Wildman–Crippen LogP) is 3.53. The van der Waals surface area contributed by atoms with E-state index in [0.29, 0.717) is 28.9 Å². The van der Waals surface area contributed by atoms with Gasteiger partial charge in [0.2, 0.25) is 5.91 Å². The van der Waals surface area contributed by atoms with Gasteiger partial charge in [0.15, 0.2) is 0 Å². The summed E-state index contributed by atoms with van der Waals surface area (Å²) in [5.74, 6) is 0.647. The summed E-state index contributed by atoms with van der Waals surface area (Å²) in [4.78, 5) is 31.1. The van der Waals surface area contributed by atoms with Crippen molar-refractivity contribution in [2.45, 2.75) is 58.2 Å². The first-order valence-corrected chi connectivity index (χ1v) is 12.7. The number of imidazole rings is 1. The first kappa shape index (κ1) is 24.2. The molecule has 0 bridgehead atoms. The molecule has 0 spiro atoms. The summed E-state index contributed by atoms with van der Waals surface area (Å²) in [7, 11) is 1.88. The van der Waals surface area contributed by atoms with E-state index in [1.165, 1.54) is 0 Å². The van der Waals surface area contributed by atoms with E-state index in [-0.39, 0.29) is 30.4 Å². The van der Waals surface area contributed by atoms with Crippen molar-refractivity contribution in [2.24, 2.45) is 24.8 Å². The summed E-state index contributed by atoms with van der Waals surface area (Å²) in [5, 5.41) is 20.0. The molecule has 9 heteroatoms. The highest BCUT2D eigenvalue weighted by Crippen LogP contribution is 2.51. The lowest BCUT2D eigenvalue weighted by Crippen LogP contribution is -2.50. The molecule has 2 fully saturated rings. The molecule has 2 saturated carbocycles. The van der Waals surface area contributed by atoms with Gasteiger partial charge in [0.1, 0.15) is 11.7 Å². The maximum Gasteiger partial charge on any atom is 0.270 e. The van der Waals surface area contributed by atoms with Gasteiger partial charge in [-0.15, -0.1) is 0 Å². The topological polar surface area (TPSA) is 114 Å². The third-order valence-electron chi connectivity index (χ3n) is 7.27. The van der Waals surface area contributed by atoms with E-state index in [1.807, 2.05) is 49.7 Å². The summed E-state index contributed by atoms with van der Waals surface area (Å²) in [6.45, 7) is 3.81. The van der Waals surface area contributed by atoms with E-state index >= 15 is 0 Å². The molecule has 1 aromatic carbocycles. The molecule has 0 saturated heterocycles. The standard InChI is InChI=1S/C27H34N6O3/c1-16(2)33-22(12-13-29-33)26(35)31-24(23(17-4-5-17)18-6-7-18)27(36)30-20-10-8-19(9-11-20)25-21(14-34)28-15-32(25)3/h8-13,15-18,23-24,34H,4-7,14H2,1-3H3,(H,30,36)(H,31,35)/t24-/m0/s1. The van der Waals surface area contributed by atoms with Gasteiger partial charge in [0, 0.05) is 30.5 Å². The number of carbonyl (C=O) groups excluding carboxylic acids is 2. The van der Waals surface area contributed by atoms with Gasteiger partial charge in [0.25, 0.3) is 5.91 Å². The van der Waals surface area contributed by atoms with Crippen molar-refractivity contribution in [3.63, 3.8) is 0 Å². The minimum Gasteiger partial charge on any atom is -0.390 e. The number of aromatic nitrogens is 4. The molecule has 5 rings (SSSR count). The Morgan fingerprint density at radius 3 is 2.33 bits per heavy atom. The van der Waals surface area contributed by atoms with Gasteiger partial charge in [-0.3, -0.25) is 14.3 Å². The summed E-state index contributed by atoms with van der Waals surface area (Å²) in [6.07, 6.45) is 7.73. The van der Waals surface area contributed by atoms with Crippen LogP contribution in [0.4, 0.5) is 5.69 Å². The lowest BCUT2D eigenvalue weighted by Gasteiger charge is -2.28. The van der Waals surface area contributed by atoms with E-state index in [0.717, 1.165) is 36.9 Å². The van der Waals surface area contributed by atoms with Crippen molar-refractivity contribution in [1.82, 2.24) is 24.6 Å². The van der Waals surface area contributed by atoms with E-state index in [9.17, 15) is 14.7 Å². The molecule has 2 aromatic heterocycles. The maximum atomic E-state index is 13.6. The van der Waals surface area contributed by atoms with Crippen molar-refractivity contribution in [1.29, 1.82) is 0 Å². The fraction of sp³-hybridized carbons (Fsp3) is 0.481. The number of nitrogens with zero attached hydrogens (tertiary/aromatic N) is 4. The van der Waals surface area contributed by atoms with Gasteiger partial charge < -0.3 is 20.3 Å². The Morgan fingerprint density at radius 1 is 1.08 bits per heavy atom. The van der Waals surface area contributed by atoms with Gasteiger partial charge in [-0.2, -0.15) is 5.10 Å². The molecule has 0 aliphatic heterocycles. The van der Waals surface area contributed by atoms with Gasteiger partial charge in [-0.25, -0.2) is 4.98 Å². The van der Waals surface area contributed by atoms with E-state index in [4.69, 9.17) is 0 Å². The summed E-state index contributed by atoms with van der Waals surface area (Å²) in [5.41, 5.74) is 3.47. The normalized spacial score (nSPS) is 16.4. The molecule has 3 N–H and O–H groups in total. The first-order valence-electron chi connectivity index (χ1n) is 12.7. The highest BCUT2D eigenvalue weighted by molar-refractivity contribution is 6.01. The lowest BCUT2D eigenvalue weighted by molar-refractivity contribution is -0.119. The second kappa shape index (κ2) is 9.89. The number of hydrogen-bond acceptors (Lipinski definition) is 5. The van der Waals surface area contributed by atoms with E-state index in [2.05, 4.69) is 20.7 Å². The maximum absolute atomic E-state index is 13.6. The van der Waals surface area contributed by atoms with E-state index in [1.54, 1.807) is 23.3 Å². The number of carbonyl (C=O) groups is 2. The third kappa shape index (κ3) is 4.93. The number of aryl methyl sites for hydroxylation is 1. The van der Waals surface area contributed by atoms with Crippen LogP contribution in [-0.4, -0.2) is 42.3 Å². The molecule has 36 heavy (non-hydrogen) atoms. The molecule has 2 aliphatic rings. The smallest absolute Gasteiger partial charge is 0.270 e. The number of aliphatic hydroxyl groups is 1. The number of rotatable bonds is 10. The Hall–Kier alpha value is -3.46. The largest absolute Gasteiger partial charge is 0.390 e. The Morgan fingerprint density at radius 2 is 1.75 bits per heavy atom. The Balaban J connectivity index is 1.36. The van der Waals surface area contributed by atoms with Crippen molar-refractivity contribution in [3.8, 4) is 11.3 Å². The number of benzene rings is 1. The molecule has 0 unspecified atom stereocenters. The van der Waals surface area contributed by atoms with Crippen LogP contribution in [-0.2, 0) is 18.4 Å². The highest BCUT2D eigenvalue weighted by Gasteiger charge is 2.48. The van der Waals surface area contributed by atoms with Crippen molar-refractivity contribution < 1.29 is 14.7 Å². The minimum absolute atomic E-state index is 0.0416. The van der Waals surface area contributed by atoms with Crippen LogP contribution < -0.4 is 10.6 Å². The second-order valence-corrected chi connectivity index (χ2v) is 10.3. The fourth-order valence-electron chi connectivity index (χ4n) is 5.24. The van der Waals surface area contributed by atoms with E-state index < -0.39 is 6.04 Å². The summed E-state index contributed by atoms with van der Waals surface area (Å²) < 4.78 is 3.55. The zero-order valence-electron chi connectivity index (χ0n) is 21.0. The second-order valence-electron chi connectivity index (χ2n) is 10.3. The Labute approximate surface area is 210 Å². The third-order valence-corrected chi connectivity index (χ3v) is 7.27. The van der Waals surface area contributed by atoms with Gasteiger partial charge in [-0.05, 0) is 75.5 Å². The molecule has 3 aromatic rings. The van der Waals surface area contributed by atoms with Gasteiger partial charge in [0.05, 0.1) is 24.3 Å². The monoisotopic (exact) mass is 490 g/mol. The SMILES string of the molecule is CC(C)n1nccc1C(=O)N[C@H](C(=O)Nc1ccc(-c2c(CO)ncn2C)cc1)C(C1CC1)C1CC1. The molecular formula is C27H34N6O3. The van der Waals surface area contributed by atoms with Crippen LogP contribution in [0.15, 0.2) is 42.9 Å². The average Bonchev–Trinajstić information content (AvgIpc) is 3.79. The number of hydrogen-bond donors (Lipinski definition) is 3. The van der Waals surface area contributed by atoms with Gasteiger partial charge in [-0.1, -0.05) is 12.1 Å². The molecule has 2 aliphatic carbocycles. The van der Waals surface area contributed by atoms with Crippen LogP contribution in [0, 0.1) is 17.8 Å². The number of anilines is 1. The lowest BCUT2D eigenvalue weighted by atomic mass is 9.88. The molecule has 190 valence electrons. The molecule has 2 heterocycles. The van der Waals surface area contributed by atoms with Crippen LogP contribution in [0.2, 0.25) is 0 Å². The van der Waals surface area contributed by atoms with Crippen LogP contribution in [0.25, 0.3) is 11.3 Å². The zero-order chi connectivity index (χ0) is 25.4.